The van der Waals surface area contributed by atoms with Crippen LogP contribution in [-0.2, 0) is 19.1 Å². The van der Waals surface area contributed by atoms with Gasteiger partial charge in [-0.05, 0) is 36.5 Å². The number of rotatable bonds is 5. The van der Waals surface area contributed by atoms with E-state index in [1.54, 1.807) is 24.3 Å². The third-order valence-corrected chi connectivity index (χ3v) is 6.73. The van der Waals surface area contributed by atoms with Crippen molar-refractivity contribution in [1.82, 2.24) is 0 Å². The Kier molecular flexibility index (Phi) is 7.30. The van der Waals surface area contributed by atoms with E-state index < -0.39 is 17.9 Å². The average molecular weight is 487 g/mol. The minimum Gasteiger partial charge on any atom is -0.466 e. The fourth-order valence-electron chi connectivity index (χ4n) is 5.09. The zero-order chi connectivity index (χ0) is 25.8. The predicted octanol–water partition coefficient (Wildman–Crippen LogP) is 3.82. The molecule has 0 aliphatic carbocycles. The third kappa shape index (κ3) is 4.40. The maximum absolute atomic E-state index is 13.3. The highest BCUT2D eigenvalue weighted by Gasteiger charge is 2.43. The van der Waals surface area contributed by atoms with E-state index >= 15 is 0 Å². The third-order valence-electron chi connectivity index (χ3n) is 6.73. The van der Waals surface area contributed by atoms with Crippen molar-refractivity contribution in [3.63, 3.8) is 0 Å². The molecule has 2 aromatic carbocycles. The molecule has 2 atom stereocenters. The molecule has 2 aliphatic rings. The molecule has 0 saturated carbocycles. The second-order valence-electron chi connectivity index (χ2n) is 9.02. The molecular formula is C28H30N4O4. The van der Waals surface area contributed by atoms with E-state index in [2.05, 4.69) is 17.9 Å². The number of carbonyl (C=O) groups is 2. The lowest BCUT2D eigenvalue weighted by atomic mass is 9.81. The summed E-state index contributed by atoms with van der Waals surface area (Å²) in [6.07, 6.45) is 2.18. The Morgan fingerprint density at radius 3 is 2.25 bits per heavy atom. The molecule has 1 saturated heterocycles. The number of nitrogens with two attached hydrogens (primary N) is 1. The Morgan fingerprint density at radius 1 is 1.00 bits per heavy atom. The van der Waals surface area contributed by atoms with Gasteiger partial charge in [0, 0.05) is 13.1 Å². The number of carbonyl (C=O) groups excluding carboxylic acids is 2. The minimum atomic E-state index is -0.892. The van der Waals surface area contributed by atoms with Crippen LogP contribution in [0, 0.1) is 17.2 Å². The molecule has 0 spiro atoms. The summed E-state index contributed by atoms with van der Waals surface area (Å²) >= 11 is 0. The highest BCUT2D eigenvalue weighted by molar-refractivity contribution is 6.07. The lowest BCUT2D eigenvalue weighted by Gasteiger charge is -2.39. The van der Waals surface area contributed by atoms with Crippen molar-refractivity contribution in [2.24, 2.45) is 11.7 Å². The second-order valence-corrected chi connectivity index (χ2v) is 9.02. The topological polar surface area (TPSA) is 109 Å². The summed E-state index contributed by atoms with van der Waals surface area (Å²) in [6, 6.07) is 18.7. The Labute approximate surface area is 211 Å². The number of nitrogens with zero attached hydrogens (tertiary/aromatic N) is 3. The largest absolute Gasteiger partial charge is 0.466 e. The first-order valence-electron chi connectivity index (χ1n) is 11.9. The van der Waals surface area contributed by atoms with E-state index in [1.807, 2.05) is 30.3 Å². The number of anilines is 2. The molecule has 186 valence electrons. The summed E-state index contributed by atoms with van der Waals surface area (Å²) in [4.78, 5) is 30.3. The van der Waals surface area contributed by atoms with E-state index in [-0.39, 0.29) is 22.7 Å². The van der Waals surface area contributed by atoms with Crippen molar-refractivity contribution >= 4 is 23.3 Å². The van der Waals surface area contributed by atoms with Gasteiger partial charge in [0.15, 0.2) is 0 Å². The first-order valence-corrected chi connectivity index (χ1v) is 11.9. The SMILES string of the molecule is COC(=O)C1=C(C(=O)OC)N(c2ccccc2N2CCCC(C)C2)C(N)=C(C#N)C1c1ccccc1. The Morgan fingerprint density at radius 2 is 1.64 bits per heavy atom. The molecule has 4 rings (SSSR count). The van der Waals surface area contributed by atoms with E-state index in [4.69, 9.17) is 15.2 Å². The van der Waals surface area contributed by atoms with Crippen LogP contribution < -0.4 is 15.5 Å². The van der Waals surface area contributed by atoms with Crippen molar-refractivity contribution in [3.8, 4) is 6.07 Å². The number of allylic oxidation sites excluding steroid dienone is 1. The van der Waals surface area contributed by atoms with Crippen molar-refractivity contribution in [2.75, 3.05) is 37.1 Å². The number of ether oxygens (including phenoxy) is 2. The molecule has 0 amide bonds. The zero-order valence-corrected chi connectivity index (χ0v) is 20.7. The van der Waals surface area contributed by atoms with Crippen LogP contribution in [0.3, 0.4) is 0 Å². The molecule has 8 nitrogen and oxygen atoms in total. The summed E-state index contributed by atoms with van der Waals surface area (Å²) in [5.41, 5.74) is 8.84. The van der Waals surface area contributed by atoms with Gasteiger partial charge in [-0.25, -0.2) is 9.59 Å². The molecule has 2 unspecified atom stereocenters. The highest BCUT2D eigenvalue weighted by Crippen LogP contribution is 2.45. The number of esters is 2. The monoisotopic (exact) mass is 486 g/mol. The van der Waals surface area contributed by atoms with Gasteiger partial charge in [-0.3, -0.25) is 4.90 Å². The maximum Gasteiger partial charge on any atom is 0.355 e. The lowest BCUT2D eigenvalue weighted by Crippen LogP contribution is -2.42. The zero-order valence-electron chi connectivity index (χ0n) is 20.7. The molecule has 0 bridgehead atoms. The van der Waals surface area contributed by atoms with Crippen LogP contribution in [0.5, 0.6) is 0 Å². The van der Waals surface area contributed by atoms with Gasteiger partial charge in [0.1, 0.15) is 11.5 Å². The summed E-state index contributed by atoms with van der Waals surface area (Å²) < 4.78 is 10.3. The van der Waals surface area contributed by atoms with Crippen molar-refractivity contribution in [2.45, 2.75) is 25.7 Å². The second kappa shape index (κ2) is 10.6. The van der Waals surface area contributed by atoms with Crippen LogP contribution in [0.15, 0.2) is 77.3 Å². The molecule has 36 heavy (non-hydrogen) atoms. The number of hydrogen-bond donors (Lipinski definition) is 1. The Balaban J connectivity index is 2.02. The van der Waals surface area contributed by atoms with Crippen molar-refractivity contribution < 1.29 is 19.1 Å². The first-order chi connectivity index (χ1) is 17.4. The molecule has 0 aromatic heterocycles. The predicted molar refractivity (Wildman–Crippen MR) is 137 cm³/mol. The molecule has 8 heteroatoms. The Hall–Kier alpha value is -4.25. The molecule has 2 N–H and O–H groups in total. The number of methoxy groups -OCH3 is 2. The molecule has 1 fully saturated rings. The van der Waals surface area contributed by atoms with Crippen molar-refractivity contribution in [3.05, 3.63) is 82.8 Å². The van der Waals surface area contributed by atoms with Crippen LogP contribution in [0.25, 0.3) is 0 Å². The van der Waals surface area contributed by atoms with Crippen LogP contribution in [0.1, 0.15) is 31.2 Å². The van der Waals surface area contributed by atoms with Crippen LogP contribution >= 0.6 is 0 Å². The number of para-hydroxylation sites is 2. The van der Waals surface area contributed by atoms with Crippen molar-refractivity contribution in [1.29, 1.82) is 5.26 Å². The normalized spacial score (nSPS) is 20.2. The van der Waals surface area contributed by atoms with E-state index in [0.717, 1.165) is 31.6 Å². The summed E-state index contributed by atoms with van der Waals surface area (Å²) in [6.45, 7) is 3.89. The number of piperidine rings is 1. The molecule has 0 radical (unpaired) electrons. The van der Waals surface area contributed by atoms with Gasteiger partial charge in [-0.15, -0.1) is 0 Å². The summed E-state index contributed by atoms with van der Waals surface area (Å²) in [7, 11) is 2.49. The van der Waals surface area contributed by atoms with Gasteiger partial charge in [0.05, 0.1) is 48.7 Å². The summed E-state index contributed by atoms with van der Waals surface area (Å²) in [5.74, 6) is -1.82. The van der Waals surface area contributed by atoms with Crippen LogP contribution in [0.2, 0.25) is 0 Å². The van der Waals surface area contributed by atoms with Gasteiger partial charge < -0.3 is 20.1 Å². The maximum atomic E-state index is 13.3. The molecule has 2 aromatic rings. The number of hydrogen-bond acceptors (Lipinski definition) is 8. The molecule has 2 heterocycles. The van der Waals surface area contributed by atoms with Crippen LogP contribution in [-0.4, -0.2) is 39.2 Å². The molecular weight excluding hydrogens is 456 g/mol. The number of benzene rings is 2. The van der Waals surface area contributed by atoms with Gasteiger partial charge in [-0.1, -0.05) is 49.4 Å². The molecule has 2 aliphatic heterocycles. The lowest BCUT2D eigenvalue weighted by molar-refractivity contribution is -0.139. The number of nitriles is 1. The fraction of sp³-hybridized carbons (Fsp3) is 0.321. The van der Waals surface area contributed by atoms with Gasteiger partial charge in [0.2, 0.25) is 0 Å². The standard InChI is InChI=1S/C28H30N4O4/c1-18-10-9-15-31(17-18)21-13-7-8-14-22(21)32-25(28(34)36-3)24(27(33)35-2)23(20(16-29)26(32)30)19-11-5-4-6-12-19/h4-8,11-14,18,23H,9-10,15,17,30H2,1-3H3. The summed E-state index contributed by atoms with van der Waals surface area (Å²) in [5, 5.41) is 10.2. The van der Waals surface area contributed by atoms with E-state index in [9.17, 15) is 14.9 Å². The van der Waals surface area contributed by atoms with E-state index in [0.29, 0.717) is 17.2 Å². The average Bonchev–Trinajstić information content (AvgIpc) is 2.92. The quantitative estimate of drug-likeness (QED) is 0.636. The first kappa shape index (κ1) is 24.9. The van der Waals surface area contributed by atoms with Gasteiger partial charge in [0.25, 0.3) is 0 Å². The van der Waals surface area contributed by atoms with Gasteiger partial charge in [-0.2, -0.15) is 5.26 Å². The van der Waals surface area contributed by atoms with Gasteiger partial charge >= 0.3 is 11.9 Å². The highest BCUT2D eigenvalue weighted by atomic mass is 16.5. The smallest absolute Gasteiger partial charge is 0.355 e. The minimum absolute atomic E-state index is 0.00288. The fourth-order valence-corrected chi connectivity index (χ4v) is 5.09. The van der Waals surface area contributed by atoms with E-state index in [1.165, 1.54) is 19.1 Å². The van der Waals surface area contributed by atoms with Crippen LogP contribution in [0.4, 0.5) is 11.4 Å². The Bertz CT molecular complexity index is 1260.